The van der Waals surface area contributed by atoms with Gasteiger partial charge in [0.15, 0.2) is 5.69 Å². The highest BCUT2D eigenvalue weighted by molar-refractivity contribution is 5.92. The summed E-state index contributed by atoms with van der Waals surface area (Å²) >= 11 is 0. The van der Waals surface area contributed by atoms with E-state index in [1.165, 1.54) is 5.69 Å². The summed E-state index contributed by atoms with van der Waals surface area (Å²) in [6.45, 7) is 10.5. The summed E-state index contributed by atoms with van der Waals surface area (Å²) in [6.07, 6.45) is 4.85. The third kappa shape index (κ3) is 3.09. The van der Waals surface area contributed by atoms with E-state index in [0.29, 0.717) is 5.69 Å². The Morgan fingerprint density at radius 3 is 2.79 bits per heavy atom. The molecule has 0 saturated carbocycles. The molecule has 0 spiro atoms. The van der Waals surface area contributed by atoms with Crippen molar-refractivity contribution in [1.29, 1.82) is 0 Å². The maximum absolute atomic E-state index is 12.5. The second-order valence-electron chi connectivity index (χ2n) is 7.82. The van der Waals surface area contributed by atoms with Gasteiger partial charge in [-0.1, -0.05) is 19.0 Å². The molecule has 2 aromatic rings. The molecule has 0 aliphatic heterocycles. The van der Waals surface area contributed by atoms with Gasteiger partial charge in [0.1, 0.15) is 5.76 Å². The minimum absolute atomic E-state index is 0.0171. The van der Waals surface area contributed by atoms with Crippen LogP contribution in [0.15, 0.2) is 16.8 Å². The molecule has 0 saturated heterocycles. The number of aromatic nitrogens is 3. The largest absolute Gasteiger partial charge is 0.360 e. The van der Waals surface area contributed by atoms with E-state index in [2.05, 4.69) is 41.0 Å². The molecule has 1 unspecified atom stereocenters. The standard InChI is InChI=1S/C18H26N4O2/c1-11(2)16-9-14(21-24-16)17(23)20-13-7-6-8-15-12(13)10-19-22(15)18(3,4)5/h9-11,13H,6-8H2,1-5H3,(H,20,23). The van der Waals surface area contributed by atoms with Gasteiger partial charge in [-0.15, -0.1) is 0 Å². The van der Waals surface area contributed by atoms with Gasteiger partial charge in [-0.3, -0.25) is 9.48 Å². The van der Waals surface area contributed by atoms with Crippen molar-refractivity contribution in [3.63, 3.8) is 0 Å². The highest BCUT2D eigenvalue weighted by Crippen LogP contribution is 2.32. The second kappa shape index (κ2) is 6.07. The minimum Gasteiger partial charge on any atom is -0.360 e. The first-order valence-electron chi connectivity index (χ1n) is 8.62. The van der Waals surface area contributed by atoms with Crippen LogP contribution >= 0.6 is 0 Å². The molecule has 130 valence electrons. The molecular formula is C18H26N4O2. The van der Waals surface area contributed by atoms with Crippen molar-refractivity contribution in [2.24, 2.45) is 0 Å². The van der Waals surface area contributed by atoms with Crippen LogP contribution in [0.1, 0.15) is 86.9 Å². The van der Waals surface area contributed by atoms with Crippen molar-refractivity contribution in [2.75, 3.05) is 0 Å². The summed E-state index contributed by atoms with van der Waals surface area (Å²) in [4.78, 5) is 12.5. The van der Waals surface area contributed by atoms with Crippen LogP contribution in [-0.4, -0.2) is 20.8 Å². The predicted molar refractivity (Wildman–Crippen MR) is 91.0 cm³/mol. The molecule has 2 heterocycles. The summed E-state index contributed by atoms with van der Waals surface area (Å²) in [7, 11) is 0. The molecule has 3 rings (SSSR count). The van der Waals surface area contributed by atoms with Gasteiger partial charge in [-0.05, 0) is 40.0 Å². The molecule has 6 heteroatoms. The van der Waals surface area contributed by atoms with Gasteiger partial charge in [-0.25, -0.2) is 0 Å². The van der Waals surface area contributed by atoms with Crippen LogP contribution in [0.5, 0.6) is 0 Å². The first-order chi connectivity index (χ1) is 11.3. The Morgan fingerprint density at radius 2 is 2.17 bits per heavy atom. The van der Waals surface area contributed by atoms with Crippen molar-refractivity contribution < 1.29 is 9.32 Å². The van der Waals surface area contributed by atoms with Crippen LogP contribution < -0.4 is 5.32 Å². The van der Waals surface area contributed by atoms with E-state index < -0.39 is 0 Å². The zero-order valence-electron chi connectivity index (χ0n) is 15.1. The molecule has 1 amide bonds. The first-order valence-corrected chi connectivity index (χ1v) is 8.62. The summed E-state index contributed by atoms with van der Waals surface area (Å²) in [5.41, 5.74) is 2.63. The van der Waals surface area contributed by atoms with E-state index >= 15 is 0 Å². The van der Waals surface area contributed by atoms with Crippen LogP contribution in [0.2, 0.25) is 0 Å². The number of fused-ring (bicyclic) bond motifs is 1. The van der Waals surface area contributed by atoms with Crippen LogP contribution in [0.4, 0.5) is 0 Å². The highest BCUT2D eigenvalue weighted by atomic mass is 16.5. The molecule has 1 aliphatic rings. The summed E-state index contributed by atoms with van der Waals surface area (Å²) < 4.78 is 7.30. The molecule has 1 N–H and O–H groups in total. The molecule has 1 atom stereocenters. The van der Waals surface area contributed by atoms with Crippen molar-refractivity contribution >= 4 is 5.91 Å². The first kappa shape index (κ1) is 16.7. The van der Waals surface area contributed by atoms with Gasteiger partial charge >= 0.3 is 0 Å². The number of nitrogens with one attached hydrogen (secondary N) is 1. The number of hydrogen-bond donors (Lipinski definition) is 1. The lowest BCUT2D eigenvalue weighted by atomic mass is 9.92. The van der Waals surface area contributed by atoms with E-state index in [4.69, 9.17) is 4.52 Å². The summed E-state index contributed by atoms with van der Waals surface area (Å²) in [5, 5.41) is 11.5. The topological polar surface area (TPSA) is 73.0 Å². The lowest BCUT2D eigenvalue weighted by Gasteiger charge is -2.28. The van der Waals surface area contributed by atoms with Gasteiger partial charge in [0.25, 0.3) is 5.91 Å². The highest BCUT2D eigenvalue weighted by Gasteiger charge is 2.29. The Morgan fingerprint density at radius 1 is 1.42 bits per heavy atom. The second-order valence-corrected chi connectivity index (χ2v) is 7.82. The molecule has 24 heavy (non-hydrogen) atoms. The molecule has 0 radical (unpaired) electrons. The van der Waals surface area contributed by atoms with E-state index in [0.717, 1.165) is 30.6 Å². The van der Waals surface area contributed by atoms with E-state index in [-0.39, 0.29) is 23.4 Å². The number of rotatable bonds is 3. The Kier molecular flexibility index (Phi) is 4.24. The molecular weight excluding hydrogens is 304 g/mol. The zero-order valence-corrected chi connectivity index (χ0v) is 15.1. The number of carbonyl (C=O) groups excluding carboxylic acids is 1. The summed E-state index contributed by atoms with van der Waals surface area (Å²) in [6, 6.07) is 1.71. The lowest BCUT2D eigenvalue weighted by Crippen LogP contribution is -2.32. The fraction of sp³-hybridized carbons (Fsp3) is 0.611. The quantitative estimate of drug-likeness (QED) is 0.934. The van der Waals surface area contributed by atoms with E-state index in [9.17, 15) is 4.79 Å². The molecule has 6 nitrogen and oxygen atoms in total. The van der Waals surface area contributed by atoms with Crippen LogP contribution in [0.3, 0.4) is 0 Å². The lowest BCUT2D eigenvalue weighted by molar-refractivity contribution is 0.0923. The van der Waals surface area contributed by atoms with E-state index in [1.807, 2.05) is 20.0 Å². The maximum Gasteiger partial charge on any atom is 0.273 e. The van der Waals surface area contributed by atoms with Gasteiger partial charge < -0.3 is 9.84 Å². The van der Waals surface area contributed by atoms with Crippen molar-refractivity contribution in [3.05, 3.63) is 35.0 Å². The average molecular weight is 330 g/mol. The molecule has 2 aromatic heterocycles. The molecule has 0 fully saturated rings. The van der Waals surface area contributed by atoms with Crippen LogP contribution in [0.25, 0.3) is 0 Å². The number of hydrogen-bond acceptors (Lipinski definition) is 4. The monoisotopic (exact) mass is 330 g/mol. The molecule has 1 aliphatic carbocycles. The predicted octanol–water partition coefficient (Wildman–Crippen LogP) is 3.56. The Hall–Kier alpha value is -2.11. The smallest absolute Gasteiger partial charge is 0.273 e. The van der Waals surface area contributed by atoms with Crippen molar-refractivity contribution in [3.8, 4) is 0 Å². The van der Waals surface area contributed by atoms with Crippen molar-refractivity contribution in [1.82, 2.24) is 20.3 Å². The van der Waals surface area contributed by atoms with Crippen LogP contribution in [-0.2, 0) is 12.0 Å². The molecule has 0 aromatic carbocycles. The maximum atomic E-state index is 12.5. The Bertz CT molecular complexity index is 737. The number of carbonyl (C=O) groups is 1. The fourth-order valence-corrected chi connectivity index (χ4v) is 3.19. The Labute approximate surface area is 142 Å². The average Bonchev–Trinajstić information content (AvgIpc) is 3.14. The van der Waals surface area contributed by atoms with Gasteiger partial charge in [0.05, 0.1) is 17.8 Å². The van der Waals surface area contributed by atoms with E-state index in [1.54, 1.807) is 6.07 Å². The van der Waals surface area contributed by atoms with Crippen molar-refractivity contribution in [2.45, 2.75) is 71.4 Å². The number of amides is 1. The minimum atomic E-state index is -0.188. The normalized spacial score (nSPS) is 17.8. The van der Waals surface area contributed by atoms with Gasteiger partial charge in [0, 0.05) is 23.2 Å². The molecule has 0 bridgehead atoms. The van der Waals surface area contributed by atoms with Gasteiger partial charge in [0.2, 0.25) is 0 Å². The summed E-state index contributed by atoms with van der Waals surface area (Å²) in [5.74, 6) is 0.752. The zero-order chi connectivity index (χ0) is 17.5. The van der Waals surface area contributed by atoms with Crippen LogP contribution in [0, 0.1) is 0 Å². The third-order valence-corrected chi connectivity index (χ3v) is 4.45. The fourth-order valence-electron chi connectivity index (χ4n) is 3.19. The van der Waals surface area contributed by atoms with Gasteiger partial charge in [-0.2, -0.15) is 5.10 Å². The SMILES string of the molecule is CC(C)c1cc(C(=O)NC2CCCc3c2cnn3C(C)(C)C)no1. The third-order valence-electron chi connectivity index (χ3n) is 4.45. The number of nitrogens with zero attached hydrogens (tertiary/aromatic N) is 3. The Balaban J connectivity index is 1.80.